The van der Waals surface area contributed by atoms with Crippen molar-refractivity contribution in [3.8, 4) is 11.5 Å². The molecule has 3 rings (SSSR count). The minimum absolute atomic E-state index is 0.237. The van der Waals surface area contributed by atoms with Crippen molar-refractivity contribution < 1.29 is 23.8 Å². The van der Waals surface area contributed by atoms with Crippen molar-refractivity contribution in [1.29, 1.82) is 0 Å². The van der Waals surface area contributed by atoms with Crippen molar-refractivity contribution in [3.05, 3.63) is 71.9 Å². The topological polar surface area (TPSA) is 91.7 Å². The zero-order valence-corrected chi connectivity index (χ0v) is 16.8. The highest BCUT2D eigenvalue weighted by molar-refractivity contribution is 5.96. The van der Waals surface area contributed by atoms with E-state index in [0.29, 0.717) is 18.2 Å². The maximum Gasteiger partial charge on any atom is 0.342 e. The van der Waals surface area contributed by atoms with E-state index in [1.54, 1.807) is 37.4 Å². The summed E-state index contributed by atoms with van der Waals surface area (Å²) >= 11 is 0. The van der Waals surface area contributed by atoms with Gasteiger partial charge in [-0.1, -0.05) is 30.3 Å². The van der Waals surface area contributed by atoms with Gasteiger partial charge in [0.2, 0.25) is 0 Å². The third-order valence-corrected chi connectivity index (χ3v) is 4.06. The number of aryl methyl sites for hydroxylation is 2. The van der Waals surface area contributed by atoms with Crippen LogP contribution in [0.25, 0.3) is 0 Å². The highest BCUT2D eigenvalue weighted by Crippen LogP contribution is 2.19. The van der Waals surface area contributed by atoms with Gasteiger partial charge >= 0.3 is 5.97 Å². The summed E-state index contributed by atoms with van der Waals surface area (Å²) < 4.78 is 17.9. The Bertz CT molecular complexity index is 1000. The summed E-state index contributed by atoms with van der Waals surface area (Å²) in [5.74, 6) is 0.521. The van der Waals surface area contributed by atoms with Gasteiger partial charge in [-0.25, -0.2) is 4.79 Å². The predicted octanol–water partition coefficient (Wildman–Crippen LogP) is 2.98. The van der Waals surface area contributed by atoms with Crippen LogP contribution in [0.15, 0.2) is 60.7 Å². The van der Waals surface area contributed by atoms with Gasteiger partial charge in [-0.05, 0) is 31.2 Å². The largest absolute Gasteiger partial charge is 0.490 e. The van der Waals surface area contributed by atoms with E-state index in [9.17, 15) is 9.59 Å². The molecule has 0 spiro atoms. The first-order valence-corrected chi connectivity index (χ1v) is 9.40. The third kappa shape index (κ3) is 5.84. The number of para-hydroxylation sites is 2. The van der Waals surface area contributed by atoms with Crippen LogP contribution in [-0.2, 0) is 16.6 Å². The van der Waals surface area contributed by atoms with Crippen LogP contribution >= 0.6 is 0 Å². The fourth-order valence-electron chi connectivity index (χ4n) is 2.70. The molecule has 8 heteroatoms. The summed E-state index contributed by atoms with van der Waals surface area (Å²) in [6, 6.07) is 17.8. The second kappa shape index (κ2) is 10.1. The SMILES string of the molecule is Cc1cc(NC(=O)COC(=O)c2ccccc2OCCOc2ccccc2)n(C)n1. The summed E-state index contributed by atoms with van der Waals surface area (Å²) in [7, 11) is 1.71. The number of aromatic nitrogens is 2. The number of hydrogen-bond acceptors (Lipinski definition) is 6. The molecule has 0 aliphatic heterocycles. The quantitative estimate of drug-likeness (QED) is 0.432. The number of rotatable bonds is 9. The molecule has 0 aliphatic carbocycles. The summed E-state index contributed by atoms with van der Waals surface area (Å²) in [5.41, 5.74) is 1.01. The van der Waals surface area contributed by atoms with E-state index < -0.39 is 18.5 Å². The fourth-order valence-corrected chi connectivity index (χ4v) is 2.70. The minimum atomic E-state index is -0.647. The van der Waals surface area contributed by atoms with Crippen LogP contribution in [0.4, 0.5) is 5.82 Å². The minimum Gasteiger partial charge on any atom is -0.490 e. The van der Waals surface area contributed by atoms with Gasteiger partial charge in [0.05, 0.1) is 5.69 Å². The number of ether oxygens (including phenoxy) is 3. The maximum absolute atomic E-state index is 12.4. The van der Waals surface area contributed by atoms with Crippen molar-refractivity contribution in [1.82, 2.24) is 9.78 Å². The van der Waals surface area contributed by atoms with Crippen LogP contribution in [0.3, 0.4) is 0 Å². The molecule has 3 aromatic rings. The first-order chi connectivity index (χ1) is 14.5. The third-order valence-electron chi connectivity index (χ3n) is 4.06. The Kier molecular flexibility index (Phi) is 7.05. The summed E-state index contributed by atoms with van der Waals surface area (Å²) in [6.07, 6.45) is 0. The molecule has 0 radical (unpaired) electrons. The van der Waals surface area contributed by atoms with E-state index >= 15 is 0 Å². The molecule has 2 aromatic carbocycles. The standard InChI is InChI=1S/C22H23N3O5/c1-16-14-20(25(2)24-16)23-21(26)15-30-22(27)18-10-6-7-11-19(18)29-13-12-28-17-8-4-3-5-9-17/h3-11,14H,12-13,15H2,1-2H3,(H,23,26). The van der Waals surface area contributed by atoms with Crippen LogP contribution in [0, 0.1) is 6.92 Å². The molecule has 1 amide bonds. The summed E-state index contributed by atoms with van der Waals surface area (Å²) in [4.78, 5) is 24.5. The lowest BCUT2D eigenvalue weighted by molar-refractivity contribution is -0.119. The van der Waals surface area contributed by atoms with Crippen LogP contribution in [-0.4, -0.2) is 41.5 Å². The smallest absolute Gasteiger partial charge is 0.342 e. The molecule has 30 heavy (non-hydrogen) atoms. The van der Waals surface area contributed by atoms with Crippen LogP contribution in [0.5, 0.6) is 11.5 Å². The highest BCUT2D eigenvalue weighted by Gasteiger charge is 2.16. The Morgan fingerprint density at radius 1 is 1.00 bits per heavy atom. The van der Waals surface area contributed by atoms with E-state index in [2.05, 4.69) is 10.4 Å². The number of carbonyl (C=O) groups is 2. The Balaban J connectivity index is 1.49. The first kappa shape index (κ1) is 20.9. The predicted molar refractivity (Wildman–Crippen MR) is 111 cm³/mol. The van der Waals surface area contributed by atoms with Gasteiger partial charge in [-0.2, -0.15) is 5.10 Å². The van der Waals surface area contributed by atoms with Crippen molar-refractivity contribution in [2.45, 2.75) is 6.92 Å². The lowest BCUT2D eigenvalue weighted by Gasteiger charge is -2.12. The Morgan fingerprint density at radius 2 is 1.70 bits per heavy atom. The molecular weight excluding hydrogens is 386 g/mol. The number of anilines is 1. The molecule has 0 atom stereocenters. The monoisotopic (exact) mass is 409 g/mol. The molecular formula is C22H23N3O5. The van der Waals surface area contributed by atoms with E-state index in [1.807, 2.05) is 37.3 Å². The van der Waals surface area contributed by atoms with Crippen molar-refractivity contribution in [3.63, 3.8) is 0 Å². The molecule has 8 nitrogen and oxygen atoms in total. The van der Waals surface area contributed by atoms with E-state index in [-0.39, 0.29) is 12.2 Å². The van der Waals surface area contributed by atoms with Gasteiger partial charge in [0.15, 0.2) is 6.61 Å². The zero-order valence-electron chi connectivity index (χ0n) is 16.8. The zero-order chi connectivity index (χ0) is 21.3. The van der Waals surface area contributed by atoms with Crippen LogP contribution < -0.4 is 14.8 Å². The molecule has 1 heterocycles. The highest BCUT2D eigenvalue weighted by atomic mass is 16.5. The normalized spacial score (nSPS) is 10.3. The van der Waals surface area contributed by atoms with Gasteiger partial charge < -0.3 is 19.5 Å². The van der Waals surface area contributed by atoms with Crippen LogP contribution in [0.2, 0.25) is 0 Å². The first-order valence-electron chi connectivity index (χ1n) is 9.40. The van der Waals surface area contributed by atoms with E-state index in [1.165, 1.54) is 4.68 Å². The second-order valence-corrected chi connectivity index (χ2v) is 6.43. The number of nitrogens with zero attached hydrogens (tertiary/aromatic N) is 2. The molecule has 0 aliphatic rings. The fraction of sp³-hybridized carbons (Fsp3) is 0.227. The van der Waals surface area contributed by atoms with Crippen molar-refractivity contribution in [2.75, 3.05) is 25.1 Å². The van der Waals surface area contributed by atoms with Gasteiger partial charge in [0.1, 0.15) is 36.1 Å². The van der Waals surface area contributed by atoms with Gasteiger partial charge in [0.25, 0.3) is 5.91 Å². The lowest BCUT2D eigenvalue weighted by Crippen LogP contribution is -2.22. The number of esters is 1. The molecule has 0 fully saturated rings. The van der Waals surface area contributed by atoms with E-state index in [0.717, 1.165) is 11.4 Å². The number of amides is 1. The second-order valence-electron chi connectivity index (χ2n) is 6.43. The summed E-state index contributed by atoms with van der Waals surface area (Å²) in [5, 5.41) is 6.79. The lowest BCUT2D eigenvalue weighted by atomic mass is 10.2. The molecule has 0 bridgehead atoms. The summed E-state index contributed by atoms with van der Waals surface area (Å²) in [6.45, 7) is 1.96. The Morgan fingerprint density at radius 3 is 2.43 bits per heavy atom. The van der Waals surface area contributed by atoms with E-state index in [4.69, 9.17) is 14.2 Å². The molecule has 1 N–H and O–H groups in total. The molecule has 0 saturated heterocycles. The number of benzene rings is 2. The van der Waals surface area contributed by atoms with Crippen molar-refractivity contribution in [2.24, 2.45) is 7.05 Å². The maximum atomic E-state index is 12.4. The molecule has 1 aromatic heterocycles. The van der Waals surface area contributed by atoms with Gasteiger partial charge in [-0.15, -0.1) is 0 Å². The molecule has 156 valence electrons. The average Bonchev–Trinajstić information content (AvgIpc) is 3.07. The average molecular weight is 409 g/mol. The Labute approximate surface area is 174 Å². The molecule has 0 saturated carbocycles. The van der Waals surface area contributed by atoms with Crippen LogP contribution in [0.1, 0.15) is 16.1 Å². The number of nitrogens with one attached hydrogen (secondary N) is 1. The van der Waals surface area contributed by atoms with Crippen molar-refractivity contribution >= 4 is 17.7 Å². The Hall–Kier alpha value is -3.81. The van der Waals surface area contributed by atoms with Gasteiger partial charge in [-0.3, -0.25) is 9.48 Å². The number of hydrogen-bond donors (Lipinski definition) is 1. The molecule has 0 unspecified atom stereocenters. The number of carbonyl (C=O) groups excluding carboxylic acids is 2. The van der Waals surface area contributed by atoms with Gasteiger partial charge in [0, 0.05) is 13.1 Å².